The smallest absolute Gasteiger partial charge is 0.250 e. The van der Waals surface area contributed by atoms with E-state index in [1.165, 1.54) is 29.1 Å². The van der Waals surface area contributed by atoms with E-state index in [9.17, 15) is 4.79 Å². The highest BCUT2D eigenvalue weighted by Gasteiger charge is 2.13. The van der Waals surface area contributed by atoms with E-state index in [1.54, 1.807) is 32.4 Å². The summed E-state index contributed by atoms with van der Waals surface area (Å²) in [7, 11) is 3.17. The van der Waals surface area contributed by atoms with E-state index < -0.39 is 0 Å². The molecule has 3 aromatic carbocycles. The SMILES string of the molecule is COc1ccc(OC)c(/C=N/NC(=O)CSc2nc3ccccc3n2Cc2ccc(C)cc2)c1. The lowest BCUT2D eigenvalue weighted by molar-refractivity contribution is -0.118. The highest BCUT2D eigenvalue weighted by Crippen LogP contribution is 2.25. The fraction of sp³-hybridized carbons (Fsp3) is 0.192. The van der Waals surface area contributed by atoms with Crippen LogP contribution >= 0.6 is 11.8 Å². The van der Waals surface area contributed by atoms with Crippen molar-refractivity contribution >= 4 is 34.9 Å². The Bertz CT molecular complexity index is 1320. The Morgan fingerprint density at radius 3 is 2.65 bits per heavy atom. The number of fused-ring (bicyclic) bond motifs is 1. The quantitative estimate of drug-likeness (QED) is 0.217. The normalized spacial score (nSPS) is 11.1. The maximum Gasteiger partial charge on any atom is 0.250 e. The minimum atomic E-state index is -0.225. The van der Waals surface area contributed by atoms with E-state index in [-0.39, 0.29) is 11.7 Å². The van der Waals surface area contributed by atoms with Gasteiger partial charge in [0.05, 0.1) is 43.8 Å². The van der Waals surface area contributed by atoms with E-state index in [4.69, 9.17) is 14.5 Å². The van der Waals surface area contributed by atoms with E-state index in [0.29, 0.717) is 23.6 Å². The standard InChI is InChI=1S/C26H26N4O3S/c1-18-8-10-19(11-9-18)16-30-23-7-5-4-6-22(23)28-26(30)34-17-25(31)29-27-15-20-14-21(32-2)12-13-24(20)33-3/h4-15H,16-17H2,1-3H3,(H,29,31)/b27-15+. The molecular formula is C26H26N4O3S. The van der Waals surface area contributed by atoms with Crippen LogP contribution < -0.4 is 14.9 Å². The van der Waals surface area contributed by atoms with Gasteiger partial charge in [0.2, 0.25) is 0 Å². The molecule has 7 nitrogen and oxygen atoms in total. The Kier molecular flexibility index (Phi) is 7.49. The van der Waals surface area contributed by atoms with Gasteiger partial charge in [-0.05, 0) is 42.8 Å². The summed E-state index contributed by atoms with van der Waals surface area (Å²) in [6.07, 6.45) is 1.54. The van der Waals surface area contributed by atoms with Gasteiger partial charge in [0.1, 0.15) is 11.5 Å². The second-order valence-corrected chi connectivity index (χ2v) is 8.59. The molecule has 0 unspecified atom stereocenters. The van der Waals surface area contributed by atoms with Gasteiger partial charge in [-0.25, -0.2) is 10.4 Å². The Balaban J connectivity index is 1.44. The molecule has 0 aliphatic heterocycles. The van der Waals surface area contributed by atoms with Crippen molar-refractivity contribution in [3.05, 3.63) is 83.4 Å². The molecule has 1 aromatic heterocycles. The molecular weight excluding hydrogens is 448 g/mol. The van der Waals surface area contributed by atoms with Gasteiger partial charge >= 0.3 is 0 Å². The maximum atomic E-state index is 12.5. The van der Waals surface area contributed by atoms with Gasteiger partial charge in [0, 0.05) is 5.56 Å². The summed E-state index contributed by atoms with van der Waals surface area (Å²) in [5.41, 5.74) is 7.62. The monoisotopic (exact) mass is 474 g/mol. The van der Waals surface area contributed by atoms with Crippen LogP contribution in [0.2, 0.25) is 0 Å². The summed E-state index contributed by atoms with van der Waals surface area (Å²) in [5.74, 6) is 1.27. The first-order chi connectivity index (χ1) is 16.6. The van der Waals surface area contributed by atoms with E-state index in [1.807, 2.05) is 24.3 Å². The summed E-state index contributed by atoms with van der Waals surface area (Å²) in [5, 5.41) is 4.87. The number of carbonyl (C=O) groups excluding carboxylic acids is 1. The first kappa shape index (κ1) is 23.4. The van der Waals surface area contributed by atoms with Crippen LogP contribution in [0.5, 0.6) is 11.5 Å². The average Bonchev–Trinajstić information content (AvgIpc) is 3.21. The zero-order valence-corrected chi connectivity index (χ0v) is 20.1. The van der Waals surface area contributed by atoms with Gasteiger partial charge in [-0.3, -0.25) is 4.79 Å². The first-order valence-corrected chi connectivity index (χ1v) is 11.7. The molecule has 0 aliphatic rings. The van der Waals surface area contributed by atoms with E-state index in [0.717, 1.165) is 16.2 Å². The molecule has 174 valence electrons. The fourth-order valence-electron chi connectivity index (χ4n) is 3.47. The number of hydrazone groups is 1. The molecule has 0 saturated heterocycles. The minimum absolute atomic E-state index is 0.184. The molecule has 34 heavy (non-hydrogen) atoms. The molecule has 0 fully saturated rings. The van der Waals surface area contributed by atoms with E-state index in [2.05, 4.69) is 46.3 Å². The highest BCUT2D eigenvalue weighted by atomic mass is 32.2. The second-order valence-electron chi connectivity index (χ2n) is 7.64. The lowest BCUT2D eigenvalue weighted by Gasteiger charge is -2.09. The predicted octanol–water partition coefficient (Wildman–Crippen LogP) is 4.65. The number of amides is 1. The Morgan fingerprint density at radius 2 is 1.88 bits per heavy atom. The van der Waals surface area contributed by atoms with Crippen LogP contribution in [0, 0.1) is 6.92 Å². The van der Waals surface area contributed by atoms with Gasteiger partial charge in [-0.1, -0.05) is 53.7 Å². The lowest BCUT2D eigenvalue weighted by atomic mass is 10.1. The molecule has 0 spiro atoms. The molecule has 0 atom stereocenters. The lowest BCUT2D eigenvalue weighted by Crippen LogP contribution is -2.20. The molecule has 0 radical (unpaired) electrons. The number of hydrogen-bond acceptors (Lipinski definition) is 6. The second kappa shape index (κ2) is 10.9. The van der Waals surface area contributed by atoms with Gasteiger partial charge in [0.15, 0.2) is 5.16 Å². The summed E-state index contributed by atoms with van der Waals surface area (Å²) in [4.78, 5) is 17.2. The third-order valence-electron chi connectivity index (χ3n) is 5.24. The van der Waals surface area contributed by atoms with Crippen molar-refractivity contribution in [3.63, 3.8) is 0 Å². The number of imidazole rings is 1. The molecule has 1 amide bonds. The molecule has 8 heteroatoms. The van der Waals surface area contributed by atoms with E-state index >= 15 is 0 Å². The van der Waals surface area contributed by atoms with Crippen LogP contribution in [0.3, 0.4) is 0 Å². The van der Waals surface area contributed by atoms with Gasteiger partial charge in [0.25, 0.3) is 5.91 Å². The van der Waals surface area contributed by atoms with Crippen molar-refractivity contribution in [1.29, 1.82) is 0 Å². The molecule has 0 saturated carbocycles. The molecule has 1 N–H and O–H groups in total. The Hall–Kier alpha value is -3.78. The average molecular weight is 475 g/mol. The van der Waals surface area contributed by atoms with Crippen molar-refractivity contribution in [2.45, 2.75) is 18.6 Å². The summed E-state index contributed by atoms with van der Waals surface area (Å²) in [6.45, 7) is 2.75. The summed E-state index contributed by atoms with van der Waals surface area (Å²) in [6, 6.07) is 21.8. The van der Waals surface area contributed by atoms with Crippen LogP contribution in [-0.2, 0) is 11.3 Å². The highest BCUT2D eigenvalue weighted by molar-refractivity contribution is 7.99. The number of hydrogen-bond donors (Lipinski definition) is 1. The third-order valence-corrected chi connectivity index (χ3v) is 6.22. The number of para-hydroxylation sites is 2. The van der Waals surface area contributed by atoms with Crippen LogP contribution in [0.15, 0.2) is 77.0 Å². The topological polar surface area (TPSA) is 77.7 Å². The number of nitrogens with zero attached hydrogens (tertiary/aromatic N) is 3. The number of nitrogens with one attached hydrogen (secondary N) is 1. The fourth-order valence-corrected chi connectivity index (χ4v) is 4.28. The maximum absolute atomic E-state index is 12.5. The predicted molar refractivity (Wildman–Crippen MR) is 136 cm³/mol. The molecule has 4 aromatic rings. The summed E-state index contributed by atoms with van der Waals surface area (Å²) >= 11 is 1.38. The van der Waals surface area contributed by atoms with Crippen molar-refractivity contribution < 1.29 is 14.3 Å². The number of carbonyl (C=O) groups is 1. The molecule has 4 rings (SSSR count). The van der Waals surface area contributed by atoms with Crippen molar-refractivity contribution in [3.8, 4) is 11.5 Å². The van der Waals surface area contributed by atoms with Crippen LogP contribution in [-0.4, -0.2) is 41.6 Å². The van der Waals surface area contributed by atoms with Crippen LogP contribution in [0.1, 0.15) is 16.7 Å². The molecule has 1 heterocycles. The number of aromatic nitrogens is 2. The number of rotatable bonds is 9. The van der Waals surface area contributed by atoms with Crippen molar-refractivity contribution in [2.75, 3.05) is 20.0 Å². The molecule has 0 aliphatic carbocycles. The van der Waals surface area contributed by atoms with Crippen molar-refractivity contribution in [1.82, 2.24) is 15.0 Å². The number of ether oxygens (including phenoxy) is 2. The number of aryl methyl sites for hydroxylation is 1. The van der Waals surface area contributed by atoms with Gasteiger partial charge < -0.3 is 14.0 Å². The van der Waals surface area contributed by atoms with Crippen LogP contribution in [0.25, 0.3) is 11.0 Å². The number of thioether (sulfide) groups is 1. The largest absolute Gasteiger partial charge is 0.497 e. The van der Waals surface area contributed by atoms with Crippen LogP contribution in [0.4, 0.5) is 0 Å². The summed E-state index contributed by atoms with van der Waals surface area (Å²) < 4.78 is 12.7. The zero-order chi connectivity index (χ0) is 23.9. The van der Waals surface area contributed by atoms with Crippen molar-refractivity contribution in [2.24, 2.45) is 5.10 Å². The number of benzene rings is 3. The third kappa shape index (κ3) is 5.58. The number of methoxy groups -OCH3 is 2. The molecule has 0 bridgehead atoms. The van der Waals surface area contributed by atoms with Gasteiger partial charge in [-0.15, -0.1) is 0 Å². The first-order valence-electron chi connectivity index (χ1n) is 10.7. The zero-order valence-electron chi connectivity index (χ0n) is 19.3. The Morgan fingerprint density at radius 1 is 1.09 bits per heavy atom. The Labute approximate surface area is 202 Å². The minimum Gasteiger partial charge on any atom is -0.497 e. The van der Waals surface area contributed by atoms with Gasteiger partial charge in [-0.2, -0.15) is 5.10 Å².